The van der Waals surface area contributed by atoms with Crippen molar-refractivity contribution in [1.82, 2.24) is 0 Å². The molecule has 132 valence electrons. The lowest BCUT2D eigenvalue weighted by atomic mass is 10.0. The molecule has 0 bridgehead atoms. The molecule has 1 amide bonds. The second-order valence-corrected chi connectivity index (χ2v) is 7.56. The van der Waals surface area contributed by atoms with Crippen LogP contribution in [-0.2, 0) is 11.2 Å². The summed E-state index contributed by atoms with van der Waals surface area (Å²) in [5, 5.41) is 8.98. The van der Waals surface area contributed by atoms with E-state index < -0.39 is 5.97 Å². The standard InChI is InChI=1S/C20H17NO3S2/c1-3-14-6-4-5-12(2)17(14)21-18(22)16(26-20(21)25)11-13-7-9-15(10-8-13)19(23)24/h4-11H,3H2,1-2H3,(H,23,24). The maximum atomic E-state index is 13.0. The smallest absolute Gasteiger partial charge is 0.335 e. The second-order valence-electron chi connectivity index (χ2n) is 5.88. The van der Waals surface area contributed by atoms with Crippen molar-refractivity contribution < 1.29 is 14.7 Å². The van der Waals surface area contributed by atoms with Crippen LogP contribution in [0.15, 0.2) is 47.4 Å². The number of nitrogens with zero attached hydrogens (tertiary/aromatic N) is 1. The first-order valence-electron chi connectivity index (χ1n) is 8.12. The molecule has 0 spiro atoms. The van der Waals surface area contributed by atoms with E-state index in [0.29, 0.717) is 9.23 Å². The zero-order chi connectivity index (χ0) is 18.8. The summed E-state index contributed by atoms with van der Waals surface area (Å²) >= 11 is 6.73. The first kappa shape index (κ1) is 18.4. The summed E-state index contributed by atoms with van der Waals surface area (Å²) in [5.74, 6) is -1.12. The molecule has 0 aliphatic carbocycles. The minimum atomic E-state index is -0.977. The van der Waals surface area contributed by atoms with E-state index in [1.54, 1.807) is 23.1 Å². The molecule has 0 radical (unpaired) electrons. The molecule has 2 aromatic carbocycles. The summed E-state index contributed by atoms with van der Waals surface area (Å²) in [5.41, 5.74) is 3.92. The van der Waals surface area contributed by atoms with E-state index in [1.165, 1.54) is 23.9 Å². The molecule has 4 nitrogen and oxygen atoms in total. The highest BCUT2D eigenvalue weighted by molar-refractivity contribution is 8.27. The summed E-state index contributed by atoms with van der Waals surface area (Å²) in [7, 11) is 0. The number of thioether (sulfide) groups is 1. The Hall–Kier alpha value is -2.44. The number of anilines is 1. The van der Waals surface area contributed by atoms with Crippen LogP contribution in [0.1, 0.15) is 34.0 Å². The Balaban J connectivity index is 1.96. The van der Waals surface area contributed by atoms with Gasteiger partial charge >= 0.3 is 5.97 Å². The van der Waals surface area contributed by atoms with Crippen molar-refractivity contribution in [3.63, 3.8) is 0 Å². The topological polar surface area (TPSA) is 57.6 Å². The van der Waals surface area contributed by atoms with Crippen LogP contribution < -0.4 is 4.90 Å². The number of rotatable bonds is 4. The van der Waals surface area contributed by atoms with E-state index in [0.717, 1.165) is 28.8 Å². The van der Waals surface area contributed by atoms with Crippen LogP contribution in [0.4, 0.5) is 5.69 Å². The SMILES string of the molecule is CCc1cccc(C)c1N1C(=O)C(=Cc2ccc(C(=O)O)cc2)SC1=S. The Bertz CT molecular complexity index is 933. The van der Waals surface area contributed by atoms with E-state index in [9.17, 15) is 9.59 Å². The van der Waals surface area contributed by atoms with E-state index in [-0.39, 0.29) is 11.5 Å². The highest BCUT2D eigenvalue weighted by Crippen LogP contribution is 2.39. The van der Waals surface area contributed by atoms with Gasteiger partial charge < -0.3 is 5.11 Å². The number of hydrogen-bond acceptors (Lipinski definition) is 4. The zero-order valence-corrected chi connectivity index (χ0v) is 16.0. The predicted molar refractivity (Wildman–Crippen MR) is 110 cm³/mol. The van der Waals surface area contributed by atoms with Gasteiger partial charge in [-0.2, -0.15) is 0 Å². The van der Waals surface area contributed by atoms with Crippen LogP contribution in [0.25, 0.3) is 6.08 Å². The van der Waals surface area contributed by atoms with Crippen molar-refractivity contribution in [2.24, 2.45) is 0 Å². The van der Waals surface area contributed by atoms with Crippen molar-refractivity contribution in [3.05, 3.63) is 69.6 Å². The summed E-state index contributed by atoms with van der Waals surface area (Å²) in [4.78, 5) is 26.1. The van der Waals surface area contributed by atoms with Gasteiger partial charge in [-0.05, 0) is 48.2 Å². The zero-order valence-electron chi connectivity index (χ0n) is 14.4. The van der Waals surface area contributed by atoms with Crippen molar-refractivity contribution in [1.29, 1.82) is 0 Å². The quantitative estimate of drug-likeness (QED) is 0.615. The molecule has 1 saturated heterocycles. The predicted octanol–water partition coefficient (Wildman–Crippen LogP) is 4.66. The number of carbonyl (C=O) groups is 2. The van der Waals surface area contributed by atoms with Crippen molar-refractivity contribution in [2.75, 3.05) is 4.90 Å². The maximum Gasteiger partial charge on any atom is 0.335 e. The van der Waals surface area contributed by atoms with Gasteiger partial charge in [0.15, 0.2) is 4.32 Å². The summed E-state index contributed by atoms with van der Waals surface area (Å²) in [6.07, 6.45) is 2.55. The van der Waals surface area contributed by atoms with Crippen molar-refractivity contribution in [2.45, 2.75) is 20.3 Å². The number of carboxylic acid groups (broad SMARTS) is 1. The van der Waals surface area contributed by atoms with Gasteiger partial charge in [-0.3, -0.25) is 9.69 Å². The molecule has 1 aliphatic heterocycles. The summed E-state index contributed by atoms with van der Waals surface area (Å²) in [6, 6.07) is 12.4. The van der Waals surface area contributed by atoms with Gasteiger partial charge in [0.2, 0.25) is 0 Å². The van der Waals surface area contributed by atoms with Crippen LogP contribution in [0.2, 0.25) is 0 Å². The molecule has 0 saturated carbocycles. The molecule has 0 unspecified atom stereocenters. The number of para-hydroxylation sites is 1. The van der Waals surface area contributed by atoms with Crippen LogP contribution in [-0.4, -0.2) is 21.3 Å². The third kappa shape index (κ3) is 3.43. The third-order valence-corrected chi connectivity index (χ3v) is 5.48. The molecule has 1 heterocycles. The van der Waals surface area contributed by atoms with E-state index in [1.807, 2.05) is 25.1 Å². The molecule has 0 atom stereocenters. The minimum absolute atomic E-state index is 0.147. The highest BCUT2D eigenvalue weighted by atomic mass is 32.2. The van der Waals surface area contributed by atoms with Crippen molar-refractivity contribution in [3.8, 4) is 0 Å². The molecule has 2 aromatic rings. The molecule has 1 aliphatic rings. The van der Waals surface area contributed by atoms with Gasteiger partial charge in [0, 0.05) is 0 Å². The van der Waals surface area contributed by atoms with Crippen LogP contribution in [0.3, 0.4) is 0 Å². The molecule has 1 N–H and O–H groups in total. The maximum absolute atomic E-state index is 13.0. The van der Waals surface area contributed by atoms with Gasteiger partial charge in [0.25, 0.3) is 5.91 Å². The van der Waals surface area contributed by atoms with Crippen LogP contribution in [0.5, 0.6) is 0 Å². The average molecular weight is 383 g/mol. The number of benzene rings is 2. The minimum Gasteiger partial charge on any atom is -0.478 e. The molecule has 6 heteroatoms. The number of carboxylic acids is 1. The molecule has 3 rings (SSSR count). The number of aromatic carboxylic acids is 1. The lowest BCUT2D eigenvalue weighted by molar-refractivity contribution is -0.113. The molecule has 26 heavy (non-hydrogen) atoms. The number of aryl methyl sites for hydroxylation is 2. The number of carbonyl (C=O) groups excluding carboxylic acids is 1. The Morgan fingerprint density at radius 2 is 1.92 bits per heavy atom. The van der Waals surface area contributed by atoms with E-state index >= 15 is 0 Å². The normalized spacial score (nSPS) is 15.8. The number of amides is 1. The third-order valence-electron chi connectivity index (χ3n) is 4.17. The largest absolute Gasteiger partial charge is 0.478 e. The Morgan fingerprint density at radius 1 is 1.23 bits per heavy atom. The number of hydrogen-bond donors (Lipinski definition) is 1. The molecule has 1 fully saturated rings. The fourth-order valence-corrected chi connectivity index (χ4v) is 4.13. The Labute approximate surface area is 161 Å². The van der Waals surface area contributed by atoms with Gasteiger partial charge in [0.1, 0.15) is 0 Å². The average Bonchev–Trinajstić information content (AvgIpc) is 2.89. The fourth-order valence-electron chi connectivity index (χ4n) is 2.86. The molecular weight excluding hydrogens is 366 g/mol. The first-order valence-corrected chi connectivity index (χ1v) is 9.34. The lowest BCUT2D eigenvalue weighted by Crippen LogP contribution is -2.29. The van der Waals surface area contributed by atoms with Gasteiger partial charge in [0.05, 0.1) is 16.2 Å². The monoisotopic (exact) mass is 383 g/mol. The van der Waals surface area contributed by atoms with Crippen LogP contribution in [0, 0.1) is 6.92 Å². The van der Waals surface area contributed by atoms with E-state index in [4.69, 9.17) is 17.3 Å². The number of thiocarbonyl (C=S) groups is 1. The Kier molecular flexibility index (Phi) is 5.25. The second kappa shape index (κ2) is 7.43. The lowest BCUT2D eigenvalue weighted by Gasteiger charge is -2.20. The first-order chi connectivity index (χ1) is 12.4. The van der Waals surface area contributed by atoms with Crippen molar-refractivity contribution >= 4 is 51.9 Å². The fraction of sp³-hybridized carbons (Fsp3) is 0.150. The molecular formula is C20H17NO3S2. The van der Waals surface area contributed by atoms with Gasteiger partial charge in [-0.25, -0.2) is 4.79 Å². The highest BCUT2D eigenvalue weighted by Gasteiger charge is 2.35. The van der Waals surface area contributed by atoms with Gasteiger partial charge in [-0.15, -0.1) is 0 Å². The summed E-state index contributed by atoms with van der Waals surface area (Å²) < 4.78 is 0.507. The van der Waals surface area contributed by atoms with Crippen LogP contribution >= 0.6 is 24.0 Å². The molecule has 0 aromatic heterocycles. The Morgan fingerprint density at radius 3 is 2.54 bits per heavy atom. The summed E-state index contributed by atoms with van der Waals surface area (Å²) in [6.45, 7) is 4.02. The van der Waals surface area contributed by atoms with Gasteiger partial charge in [-0.1, -0.05) is 61.2 Å². The van der Waals surface area contributed by atoms with E-state index in [2.05, 4.69) is 6.92 Å².